The molecule has 19 heavy (non-hydrogen) atoms. The van der Waals surface area contributed by atoms with E-state index >= 15 is 0 Å². The van der Waals surface area contributed by atoms with Crippen molar-refractivity contribution in [3.05, 3.63) is 16.1 Å². The zero-order valence-electron chi connectivity index (χ0n) is 11.0. The van der Waals surface area contributed by atoms with Crippen molar-refractivity contribution in [2.24, 2.45) is 17.6 Å². The number of nitrogens with one attached hydrogen (secondary N) is 1. The van der Waals surface area contributed by atoms with Crippen LogP contribution in [-0.2, 0) is 11.3 Å². The molecule has 1 aromatic heterocycles. The van der Waals surface area contributed by atoms with Crippen molar-refractivity contribution in [1.29, 1.82) is 0 Å². The number of thiazole rings is 1. The number of nitrogens with two attached hydrogens (primary N) is 1. The van der Waals surface area contributed by atoms with Crippen LogP contribution < -0.4 is 11.1 Å². The predicted octanol–water partition coefficient (Wildman–Crippen LogP) is 1.08. The van der Waals surface area contributed by atoms with Crippen molar-refractivity contribution in [1.82, 2.24) is 10.3 Å². The molecule has 1 atom stereocenters. The van der Waals surface area contributed by atoms with E-state index in [0.717, 1.165) is 0 Å². The molecule has 106 valence electrons. The summed E-state index contributed by atoms with van der Waals surface area (Å²) in [6.45, 7) is 4.31. The smallest absolute Gasteiger partial charge is 0.308 e. The Kier molecular flexibility index (Phi) is 5.91. The number of carbonyl (C=O) groups excluding carboxylic acids is 1. The van der Waals surface area contributed by atoms with Crippen molar-refractivity contribution in [2.75, 3.05) is 6.54 Å². The van der Waals surface area contributed by atoms with E-state index < -0.39 is 11.9 Å². The fourth-order valence-electron chi connectivity index (χ4n) is 1.66. The Bertz CT molecular complexity index is 445. The minimum Gasteiger partial charge on any atom is -0.481 e. The van der Waals surface area contributed by atoms with Crippen molar-refractivity contribution in [2.45, 2.75) is 26.8 Å². The third kappa shape index (κ3) is 4.96. The molecular weight excluding hydrogens is 266 g/mol. The second-order valence-electron chi connectivity index (χ2n) is 4.71. The quantitative estimate of drug-likeness (QED) is 0.695. The minimum atomic E-state index is -0.894. The zero-order valence-corrected chi connectivity index (χ0v) is 11.9. The number of carbonyl (C=O) groups is 2. The molecule has 7 heteroatoms. The van der Waals surface area contributed by atoms with Crippen LogP contribution in [0.5, 0.6) is 0 Å². The van der Waals surface area contributed by atoms with Crippen molar-refractivity contribution < 1.29 is 14.7 Å². The molecule has 0 saturated heterocycles. The molecule has 4 N–H and O–H groups in total. The van der Waals surface area contributed by atoms with Gasteiger partial charge in [0.1, 0.15) is 10.7 Å². The van der Waals surface area contributed by atoms with E-state index in [1.54, 1.807) is 5.38 Å². The van der Waals surface area contributed by atoms with Gasteiger partial charge < -0.3 is 16.2 Å². The van der Waals surface area contributed by atoms with Gasteiger partial charge in [-0.25, -0.2) is 4.98 Å². The number of carboxylic acid groups (broad SMARTS) is 1. The van der Waals surface area contributed by atoms with Gasteiger partial charge in [-0.1, -0.05) is 13.8 Å². The number of hydrogen-bond acceptors (Lipinski definition) is 5. The Hall–Kier alpha value is -1.47. The number of amides is 1. The van der Waals surface area contributed by atoms with Gasteiger partial charge in [-0.3, -0.25) is 9.59 Å². The maximum Gasteiger partial charge on any atom is 0.308 e. The Balaban J connectivity index is 2.54. The van der Waals surface area contributed by atoms with E-state index in [4.69, 9.17) is 10.8 Å². The van der Waals surface area contributed by atoms with Crippen molar-refractivity contribution in [3.63, 3.8) is 0 Å². The molecule has 0 radical (unpaired) electrons. The summed E-state index contributed by atoms with van der Waals surface area (Å²) >= 11 is 1.32. The third-order valence-electron chi connectivity index (χ3n) is 2.57. The minimum absolute atomic E-state index is 0.113. The van der Waals surface area contributed by atoms with Crippen LogP contribution in [0.25, 0.3) is 0 Å². The molecule has 0 bridgehead atoms. The van der Waals surface area contributed by atoms with Gasteiger partial charge in [0.25, 0.3) is 5.91 Å². The van der Waals surface area contributed by atoms with Crippen LogP contribution in [0, 0.1) is 11.8 Å². The molecule has 0 spiro atoms. The van der Waals surface area contributed by atoms with Gasteiger partial charge in [0, 0.05) is 18.5 Å². The molecule has 0 aliphatic rings. The largest absolute Gasteiger partial charge is 0.481 e. The molecule has 0 saturated carbocycles. The average Bonchev–Trinajstić information content (AvgIpc) is 2.82. The Labute approximate surface area is 116 Å². The van der Waals surface area contributed by atoms with Crippen LogP contribution in [0.4, 0.5) is 0 Å². The predicted molar refractivity (Wildman–Crippen MR) is 72.9 cm³/mol. The van der Waals surface area contributed by atoms with Gasteiger partial charge in [0.2, 0.25) is 0 Å². The molecule has 0 aliphatic heterocycles. The summed E-state index contributed by atoms with van der Waals surface area (Å²) in [6, 6.07) is 0. The lowest BCUT2D eigenvalue weighted by Gasteiger charge is -2.14. The molecule has 0 aliphatic carbocycles. The molecule has 1 aromatic rings. The Morgan fingerprint density at radius 2 is 2.21 bits per heavy atom. The highest BCUT2D eigenvalue weighted by Crippen LogP contribution is 2.12. The zero-order chi connectivity index (χ0) is 14.4. The molecule has 0 aromatic carbocycles. The first-order valence-electron chi connectivity index (χ1n) is 6.09. The van der Waals surface area contributed by atoms with Gasteiger partial charge in [-0.05, 0) is 12.3 Å². The summed E-state index contributed by atoms with van der Waals surface area (Å²) in [5.74, 6) is -1.56. The third-order valence-corrected chi connectivity index (χ3v) is 3.44. The maximum atomic E-state index is 11.8. The summed E-state index contributed by atoms with van der Waals surface area (Å²) in [6.07, 6.45) is 0.529. The number of aromatic nitrogens is 1. The number of hydrogen-bond donors (Lipinski definition) is 3. The SMILES string of the molecule is CC(C)CC(CNC(=O)c1csc(CN)n1)C(=O)O. The summed E-state index contributed by atoms with van der Waals surface area (Å²) in [4.78, 5) is 26.9. The molecule has 1 amide bonds. The molecule has 1 unspecified atom stereocenters. The van der Waals surface area contributed by atoms with E-state index in [-0.39, 0.29) is 18.4 Å². The Morgan fingerprint density at radius 1 is 1.53 bits per heavy atom. The number of aliphatic carboxylic acids is 1. The summed E-state index contributed by atoms with van der Waals surface area (Å²) in [5, 5.41) is 14.0. The van der Waals surface area contributed by atoms with Crippen LogP contribution >= 0.6 is 11.3 Å². The van der Waals surface area contributed by atoms with Crippen molar-refractivity contribution in [3.8, 4) is 0 Å². The average molecular weight is 285 g/mol. The van der Waals surface area contributed by atoms with E-state index in [1.165, 1.54) is 11.3 Å². The van der Waals surface area contributed by atoms with Crippen LogP contribution in [-0.4, -0.2) is 28.5 Å². The van der Waals surface area contributed by atoms with Gasteiger partial charge in [-0.2, -0.15) is 0 Å². The second kappa shape index (κ2) is 7.20. The van der Waals surface area contributed by atoms with Crippen LogP contribution in [0.15, 0.2) is 5.38 Å². The second-order valence-corrected chi connectivity index (χ2v) is 5.65. The first-order valence-corrected chi connectivity index (χ1v) is 6.97. The monoisotopic (exact) mass is 285 g/mol. The van der Waals surface area contributed by atoms with E-state index in [2.05, 4.69) is 10.3 Å². The fraction of sp³-hybridized carbons (Fsp3) is 0.583. The molecule has 1 heterocycles. The first kappa shape index (κ1) is 15.6. The van der Waals surface area contributed by atoms with Gasteiger partial charge in [-0.15, -0.1) is 11.3 Å². The molecule has 6 nitrogen and oxygen atoms in total. The van der Waals surface area contributed by atoms with Gasteiger partial charge in [0.15, 0.2) is 0 Å². The molecule has 0 fully saturated rings. The normalized spacial score (nSPS) is 12.4. The number of nitrogens with zero attached hydrogens (tertiary/aromatic N) is 1. The lowest BCUT2D eigenvalue weighted by Crippen LogP contribution is -2.33. The lowest BCUT2D eigenvalue weighted by atomic mass is 9.97. The van der Waals surface area contributed by atoms with Gasteiger partial charge >= 0.3 is 5.97 Å². The first-order chi connectivity index (χ1) is 8.93. The van der Waals surface area contributed by atoms with Crippen LogP contribution in [0.2, 0.25) is 0 Å². The van der Waals surface area contributed by atoms with Crippen molar-refractivity contribution >= 4 is 23.2 Å². The highest BCUT2D eigenvalue weighted by Gasteiger charge is 2.20. The van der Waals surface area contributed by atoms with E-state index in [1.807, 2.05) is 13.8 Å². The van der Waals surface area contributed by atoms with E-state index in [0.29, 0.717) is 23.7 Å². The molecular formula is C12H19N3O3S. The molecule has 1 rings (SSSR count). The summed E-state index contributed by atoms with van der Waals surface area (Å²) in [7, 11) is 0. The number of carboxylic acids is 1. The van der Waals surface area contributed by atoms with Crippen LogP contribution in [0.1, 0.15) is 35.8 Å². The standard InChI is InChI=1S/C12H19N3O3S/c1-7(2)3-8(12(17)18)5-14-11(16)9-6-19-10(4-13)15-9/h6-8H,3-5,13H2,1-2H3,(H,14,16)(H,17,18). The summed E-state index contributed by atoms with van der Waals surface area (Å²) in [5.41, 5.74) is 5.71. The topological polar surface area (TPSA) is 105 Å². The lowest BCUT2D eigenvalue weighted by molar-refractivity contribution is -0.142. The number of rotatable bonds is 7. The summed E-state index contributed by atoms with van der Waals surface area (Å²) < 4.78 is 0. The fourth-order valence-corrected chi connectivity index (χ4v) is 2.31. The van der Waals surface area contributed by atoms with E-state index in [9.17, 15) is 9.59 Å². The Morgan fingerprint density at radius 3 is 2.68 bits per heavy atom. The van der Waals surface area contributed by atoms with Crippen LogP contribution in [0.3, 0.4) is 0 Å². The highest BCUT2D eigenvalue weighted by atomic mass is 32.1. The van der Waals surface area contributed by atoms with Gasteiger partial charge in [0.05, 0.1) is 5.92 Å². The maximum absolute atomic E-state index is 11.8. The highest BCUT2D eigenvalue weighted by molar-refractivity contribution is 7.09.